The maximum atomic E-state index is 11.3. The molecule has 1 heterocycles. The number of thiophene rings is 1. The van der Waals surface area contributed by atoms with Crippen LogP contribution in [0.5, 0.6) is 0 Å². The van der Waals surface area contributed by atoms with Gasteiger partial charge in [-0.2, -0.15) is 8.42 Å². The summed E-state index contributed by atoms with van der Waals surface area (Å²) in [4.78, 5) is 12.5. The molecule has 0 bridgehead atoms. The normalized spacial score (nSPS) is 13.2. The highest BCUT2D eigenvalue weighted by atomic mass is 32.2. The Kier molecular flexibility index (Phi) is 19.6. The number of rotatable bonds is 13. The Bertz CT molecular complexity index is 589. The van der Waals surface area contributed by atoms with E-state index in [4.69, 9.17) is 0 Å². The summed E-state index contributed by atoms with van der Waals surface area (Å²) in [6, 6.07) is 4.02. The summed E-state index contributed by atoms with van der Waals surface area (Å²) in [6.07, 6.45) is 16.8. The molecule has 0 saturated heterocycles. The van der Waals surface area contributed by atoms with Crippen molar-refractivity contribution in [2.75, 3.05) is 5.75 Å². The third-order valence-corrected chi connectivity index (χ3v) is 6.71. The Hall–Kier alpha value is -0.790. The quantitative estimate of drug-likeness (QED) is 0.282. The van der Waals surface area contributed by atoms with Gasteiger partial charge in [-0.1, -0.05) is 94.9 Å². The van der Waals surface area contributed by atoms with Crippen LogP contribution in [-0.2, 0) is 25.7 Å². The summed E-state index contributed by atoms with van der Waals surface area (Å²) in [5.74, 6) is 0.162. The lowest BCUT2D eigenvalue weighted by Crippen LogP contribution is -2.05. The van der Waals surface area contributed by atoms with E-state index < -0.39 is 10.1 Å². The smallest absolute Gasteiger partial charge is 0.297 e. The predicted octanol–water partition coefficient (Wildman–Crippen LogP) is 7.58. The third kappa shape index (κ3) is 19.2. The van der Waals surface area contributed by atoms with Crippen molar-refractivity contribution >= 4 is 27.2 Å². The lowest BCUT2D eigenvalue weighted by molar-refractivity contribution is -0.118. The molecule has 0 unspecified atom stereocenters. The number of halogens is 1. The summed E-state index contributed by atoms with van der Waals surface area (Å²) >= 11 is 1.66. The van der Waals surface area contributed by atoms with Gasteiger partial charge in [0.25, 0.3) is 10.1 Å². The van der Waals surface area contributed by atoms with Gasteiger partial charge in [0, 0.05) is 17.7 Å². The fourth-order valence-electron chi connectivity index (χ4n) is 3.04. The summed E-state index contributed by atoms with van der Waals surface area (Å²) in [5, 5.41) is 2.02. The van der Waals surface area contributed by atoms with Crippen LogP contribution in [0.15, 0.2) is 17.5 Å². The van der Waals surface area contributed by atoms with Gasteiger partial charge in [0.05, 0.1) is 5.75 Å². The van der Waals surface area contributed by atoms with E-state index in [1.807, 2.05) is 17.5 Å². The van der Waals surface area contributed by atoms with Gasteiger partial charge >= 0.3 is 0 Å². The van der Waals surface area contributed by atoms with Crippen LogP contribution in [0.2, 0.25) is 0 Å². The molecule has 1 aliphatic rings. The molecule has 0 radical (unpaired) electrons. The molecule has 1 fully saturated rings. The minimum absolute atomic E-state index is 0.213. The lowest BCUT2D eigenvalue weighted by Gasteiger charge is -1.99. The van der Waals surface area contributed by atoms with Gasteiger partial charge in [-0.05, 0) is 28.8 Å². The van der Waals surface area contributed by atoms with E-state index in [-0.39, 0.29) is 5.75 Å². The number of unbranched alkanes of at least 4 members (excludes halogenated alkanes) is 6. The van der Waals surface area contributed by atoms with Gasteiger partial charge in [-0.15, -0.1) is 11.3 Å². The number of ketones is 1. The second-order valence-electron chi connectivity index (χ2n) is 7.76. The minimum Gasteiger partial charge on any atom is -0.299 e. The van der Waals surface area contributed by atoms with Gasteiger partial charge in [-0.3, -0.25) is 4.79 Å². The average molecular weight is 465 g/mol. The van der Waals surface area contributed by atoms with E-state index in [1.165, 1.54) is 43.4 Å². The highest BCUT2D eigenvalue weighted by Gasteiger charge is 2.10. The molecule has 0 aromatic carbocycles. The van der Waals surface area contributed by atoms with E-state index in [0.29, 0.717) is 18.6 Å². The van der Waals surface area contributed by atoms with Crippen molar-refractivity contribution in [3.63, 3.8) is 0 Å². The van der Waals surface area contributed by atoms with Gasteiger partial charge in [-0.25, -0.2) is 0 Å². The van der Waals surface area contributed by atoms with Crippen molar-refractivity contribution in [1.29, 1.82) is 0 Å². The van der Waals surface area contributed by atoms with Crippen LogP contribution >= 0.6 is 11.3 Å². The van der Waals surface area contributed by atoms with Crippen molar-refractivity contribution in [3.05, 3.63) is 22.4 Å². The number of hydrogen-bond acceptors (Lipinski definition) is 5. The molecular weight excluding hydrogens is 423 g/mol. The van der Waals surface area contributed by atoms with E-state index in [2.05, 4.69) is 18.2 Å². The molecule has 1 saturated carbocycles. The molecule has 1 aliphatic carbocycles. The van der Waals surface area contributed by atoms with Gasteiger partial charge in [0.1, 0.15) is 5.78 Å². The summed E-state index contributed by atoms with van der Waals surface area (Å²) in [7, 11) is -3.88. The number of carbonyl (C=O) groups excluding carboxylic acids is 1. The van der Waals surface area contributed by atoms with Crippen LogP contribution in [0.1, 0.15) is 109 Å². The second-order valence-corrected chi connectivity index (χ2v) is 10.4. The monoisotopic (exact) mass is 464 g/mol. The largest absolute Gasteiger partial charge is 0.299 e. The Labute approximate surface area is 187 Å². The molecule has 0 spiro atoms. The average Bonchev–Trinajstić information content (AvgIpc) is 3.46. The van der Waals surface area contributed by atoms with Crippen molar-refractivity contribution in [2.45, 2.75) is 110 Å². The standard InChI is InChI=1S/C10H14OS.C8H17FO3S.C5H10/c1-2-3-5-9(11)8-10-6-4-7-12-10;1-2-3-4-5-6-7-8-13(10,11)12-9;1-2-4-5-3-1/h4,6-7H,2-3,5,8H2,1H3;2-8H2,1H3;1-5H2. The van der Waals surface area contributed by atoms with Gasteiger partial charge < -0.3 is 0 Å². The molecule has 0 atom stereocenters. The molecule has 7 heteroatoms. The predicted molar refractivity (Wildman–Crippen MR) is 125 cm³/mol. The maximum absolute atomic E-state index is 11.3. The zero-order valence-corrected chi connectivity index (χ0v) is 20.5. The van der Waals surface area contributed by atoms with E-state index in [1.54, 1.807) is 11.3 Å². The SMILES string of the molecule is C1CCCC1.CCCCC(=O)Cc1cccs1.CCCCCCCCS(=O)(=O)OF. The first kappa shape index (κ1) is 29.2. The first-order chi connectivity index (χ1) is 14.4. The summed E-state index contributed by atoms with van der Waals surface area (Å²) < 4.78 is 35.1. The van der Waals surface area contributed by atoms with Crippen molar-refractivity contribution in [1.82, 2.24) is 0 Å². The number of Topliss-reactive ketones (excluding diaryl/α,β-unsaturated/α-hetero) is 1. The van der Waals surface area contributed by atoms with Crippen LogP contribution in [0.25, 0.3) is 0 Å². The summed E-state index contributed by atoms with van der Waals surface area (Å²) in [5.41, 5.74) is 0. The van der Waals surface area contributed by atoms with Crippen LogP contribution in [-0.4, -0.2) is 20.0 Å². The maximum Gasteiger partial charge on any atom is 0.297 e. The van der Waals surface area contributed by atoms with Gasteiger partial charge in [0.2, 0.25) is 0 Å². The van der Waals surface area contributed by atoms with Crippen LogP contribution in [0, 0.1) is 0 Å². The molecule has 30 heavy (non-hydrogen) atoms. The Balaban J connectivity index is 0.000000456. The Morgan fingerprint density at radius 1 is 0.967 bits per heavy atom. The molecule has 2 rings (SSSR count). The zero-order chi connectivity index (χ0) is 22.5. The first-order valence-electron chi connectivity index (χ1n) is 11.5. The van der Waals surface area contributed by atoms with Gasteiger partial charge in [0.15, 0.2) is 0 Å². The van der Waals surface area contributed by atoms with E-state index in [9.17, 15) is 17.7 Å². The molecule has 0 amide bonds. The second kappa shape index (κ2) is 20.1. The highest BCUT2D eigenvalue weighted by molar-refractivity contribution is 7.86. The lowest BCUT2D eigenvalue weighted by atomic mass is 10.1. The van der Waals surface area contributed by atoms with E-state index >= 15 is 0 Å². The van der Waals surface area contributed by atoms with E-state index in [0.717, 1.165) is 44.9 Å². The Morgan fingerprint density at radius 2 is 1.53 bits per heavy atom. The number of hydrogen-bond donors (Lipinski definition) is 0. The van der Waals surface area contributed by atoms with Crippen molar-refractivity contribution in [2.24, 2.45) is 0 Å². The van der Waals surface area contributed by atoms with Crippen LogP contribution in [0.4, 0.5) is 4.53 Å². The van der Waals surface area contributed by atoms with Crippen LogP contribution < -0.4 is 0 Å². The zero-order valence-electron chi connectivity index (χ0n) is 18.9. The minimum atomic E-state index is -3.88. The van der Waals surface area contributed by atoms with Crippen molar-refractivity contribution < 1.29 is 22.1 Å². The molecule has 176 valence electrons. The highest BCUT2D eigenvalue weighted by Crippen LogP contribution is 2.15. The summed E-state index contributed by atoms with van der Waals surface area (Å²) in [6.45, 7) is 4.22. The Morgan fingerprint density at radius 3 is 2.03 bits per heavy atom. The molecular formula is C23H41FO4S2. The molecule has 1 aromatic heterocycles. The fraction of sp³-hybridized carbons (Fsp3) is 0.783. The molecule has 0 aliphatic heterocycles. The van der Waals surface area contributed by atoms with Crippen LogP contribution in [0.3, 0.4) is 0 Å². The third-order valence-electron chi connectivity index (χ3n) is 4.85. The fourth-order valence-corrected chi connectivity index (χ4v) is 4.40. The first-order valence-corrected chi connectivity index (χ1v) is 14.0. The molecule has 4 nitrogen and oxygen atoms in total. The number of carbonyl (C=O) groups is 1. The topological polar surface area (TPSA) is 60.4 Å². The molecule has 0 N–H and O–H groups in total. The molecule has 1 aromatic rings. The van der Waals surface area contributed by atoms with Crippen molar-refractivity contribution in [3.8, 4) is 0 Å².